The zero-order valence-electron chi connectivity index (χ0n) is 10.6. The van der Waals surface area contributed by atoms with Crippen molar-refractivity contribution in [2.45, 2.75) is 25.2 Å². The maximum atomic E-state index is 12.5. The highest BCUT2D eigenvalue weighted by Gasteiger charge is 2.20. The van der Waals surface area contributed by atoms with Gasteiger partial charge in [0.25, 0.3) is 0 Å². The second kappa shape index (κ2) is 5.18. The van der Waals surface area contributed by atoms with Crippen LogP contribution in [0.25, 0.3) is 0 Å². The average Bonchev–Trinajstić information content (AvgIpc) is 2.37. The fraction of sp³-hybridized carbons (Fsp3) is 0.235. The molecule has 1 fully saturated rings. The highest BCUT2D eigenvalue weighted by Crippen LogP contribution is 2.36. The van der Waals surface area contributed by atoms with Crippen LogP contribution in [-0.4, -0.2) is 5.78 Å². The summed E-state index contributed by atoms with van der Waals surface area (Å²) in [4.78, 5) is 12.5. The lowest BCUT2D eigenvalue weighted by Crippen LogP contribution is -2.10. The van der Waals surface area contributed by atoms with E-state index in [1.54, 1.807) is 12.1 Å². The molecule has 0 unspecified atom stereocenters. The Morgan fingerprint density at radius 3 is 2.53 bits per heavy atom. The Morgan fingerprint density at radius 1 is 1.05 bits per heavy atom. The van der Waals surface area contributed by atoms with E-state index in [-0.39, 0.29) is 5.78 Å². The SMILES string of the molecule is O=C(c1cccc(C2CCC2)c1)c1ccccc1Cl. The van der Waals surface area contributed by atoms with E-state index in [0.717, 1.165) is 5.56 Å². The Labute approximate surface area is 118 Å². The van der Waals surface area contributed by atoms with Crippen LogP contribution in [-0.2, 0) is 0 Å². The number of carbonyl (C=O) groups excluding carboxylic acids is 1. The summed E-state index contributed by atoms with van der Waals surface area (Å²) in [5.41, 5.74) is 2.59. The number of hydrogen-bond acceptors (Lipinski definition) is 1. The van der Waals surface area contributed by atoms with Gasteiger partial charge in [0.05, 0.1) is 5.02 Å². The molecule has 2 aromatic rings. The molecule has 0 heterocycles. The van der Waals surface area contributed by atoms with E-state index < -0.39 is 0 Å². The van der Waals surface area contributed by atoms with Gasteiger partial charge < -0.3 is 0 Å². The maximum Gasteiger partial charge on any atom is 0.194 e. The van der Waals surface area contributed by atoms with E-state index in [9.17, 15) is 4.79 Å². The van der Waals surface area contributed by atoms with E-state index in [1.165, 1.54) is 24.8 Å². The Kier molecular flexibility index (Phi) is 3.39. The molecule has 19 heavy (non-hydrogen) atoms. The number of ketones is 1. The Bertz CT molecular complexity index is 614. The van der Waals surface area contributed by atoms with Crippen molar-refractivity contribution >= 4 is 17.4 Å². The van der Waals surface area contributed by atoms with Crippen LogP contribution in [0.2, 0.25) is 5.02 Å². The first-order valence-electron chi connectivity index (χ1n) is 6.65. The second-order valence-electron chi connectivity index (χ2n) is 5.06. The fourth-order valence-electron chi connectivity index (χ4n) is 2.48. The first-order chi connectivity index (χ1) is 9.25. The third-order valence-electron chi connectivity index (χ3n) is 3.84. The molecule has 0 N–H and O–H groups in total. The van der Waals surface area contributed by atoms with Crippen molar-refractivity contribution in [2.75, 3.05) is 0 Å². The molecule has 0 bridgehead atoms. The van der Waals surface area contributed by atoms with Gasteiger partial charge >= 0.3 is 0 Å². The summed E-state index contributed by atoms with van der Waals surface area (Å²) in [6, 6.07) is 15.2. The van der Waals surface area contributed by atoms with Crippen molar-refractivity contribution < 1.29 is 4.79 Å². The minimum atomic E-state index is 0.00627. The lowest BCUT2D eigenvalue weighted by atomic mass is 9.79. The van der Waals surface area contributed by atoms with Crippen LogP contribution in [0.3, 0.4) is 0 Å². The van der Waals surface area contributed by atoms with Gasteiger partial charge in [-0.1, -0.05) is 48.4 Å². The largest absolute Gasteiger partial charge is 0.289 e. The lowest BCUT2D eigenvalue weighted by molar-refractivity contribution is 0.103. The molecule has 0 atom stereocenters. The smallest absolute Gasteiger partial charge is 0.194 e. The number of hydrogen-bond donors (Lipinski definition) is 0. The third-order valence-corrected chi connectivity index (χ3v) is 4.17. The Balaban J connectivity index is 1.93. The summed E-state index contributed by atoms with van der Waals surface area (Å²) in [7, 11) is 0. The summed E-state index contributed by atoms with van der Waals surface area (Å²) in [5, 5.41) is 0.515. The molecule has 0 aliphatic heterocycles. The molecule has 0 saturated heterocycles. The van der Waals surface area contributed by atoms with Crippen LogP contribution in [0.15, 0.2) is 48.5 Å². The maximum absolute atomic E-state index is 12.5. The van der Waals surface area contributed by atoms with Crippen LogP contribution in [0.4, 0.5) is 0 Å². The predicted molar refractivity (Wildman–Crippen MR) is 77.9 cm³/mol. The highest BCUT2D eigenvalue weighted by atomic mass is 35.5. The van der Waals surface area contributed by atoms with Gasteiger partial charge in [-0.3, -0.25) is 4.79 Å². The zero-order chi connectivity index (χ0) is 13.2. The molecule has 1 aliphatic carbocycles. The first kappa shape index (κ1) is 12.4. The summed E-state index contributed by atoms with van der Waals surface area (Å²) in [5.74, 6) is 0.644. The van der Waals surface area contributed by atoms with E-state index in [2.05, 4.69) is 6.07 Å². The molecule has 2 heteroatoms. The van der Waals surface area contributed by atoms with Gasteiger partial charge in [0.1, 0.15) is 0 Å². The zero-order valence-corrected chi connectivity index (χ0v) is 11.4. The van der Waals surface area contributed by atoms with Gasteiger partial charge in [-0.2, -0.15) is 0 Å². The second-order valence-corrected chi connectivity index (χ2v) is 5.47. The van der Waals surface area contributed by atoms with Crippen molar-refractivity contribution in [3.63, 3.8) is 0 Å². The van der Waals surface area contributed by atoms with Crippen LogP contribution in [0.1, 0.15) is 46.7 Å². The number of rotatable bonds is 3. The molecular weight excluding hydrogens is 256 g/mol. The van der Waals surface area contributed by atoms with Gasteiger partial charge in [-0.05, 0) is 42.5 Å². The highest BCUT2D eigenvalue weighted by molar-refractivity contribution is 6.34. The molecule has 1 nitrogen and oxygen atoms in total. The van der Waals surface area contributed by atoms with E-state index in [4.69, 9.17) is 11.6 Å². The molecule has 3 rings (SSSR count). The van der Waals surface area contributed by atoms with Crippen LogP contribution < -0.4 is 0 Å². The minimum absolute atomic E-state index is 0.00627. The monoisotopic (exact) mass is 270 g/mol. The van der Waals surface area contributed by atoms with Crippen molar-refractivity contribution in [1.29, 1.82) is 0 Å². The van der Waals surface area contributed by atoms with Crippen molar-refractivity contribution in [2.24, 2.45) is 0 Å². The normalized spacial score (nSPS) is 15.0. The van der Waals surface area contributed by atoms with Crippen molar-refractivity contribution in [3.8, 4) is 0 Å². The minimum Gasteiger partial charge on any atom is -0.289 e. The van der Waals surface area contributed by atoms with Crippen LogP contribution in [0.5, 0.6) is 0 Å². The van der Waals surface area contributed by atoms with Gasteiger partial charge in [0.2, 0.25) is 0 Å². The first-order valence-corrected chi connectivity index (χ1v) is 7.02. The lowest BCUT2D eigenvalue weighted by Gasteiger charge is -2.26. The van der Waals surface area contributed by atoms with Gasteiger partial charge in [-0.25, -0.2) is 0 Å². The van der Waals surface area contributed by atoms with Gasteiger partial charge in [-0.15, -0.1) is 0 Å². The average molecular weight is 271 g/mol. The van der Waals surface area contributed by atoms with Crippen molar-refractivity contribution in [3.05, 3.63) is 70.2 Å². The fourth-order valence-corrected chi connectivity index (χ4v) is 2.70. The topological polar surface area (TPSA) is 17.1 Å². The van der Waals surface area contributed by atoms with Crippen molar-refractivity contribution in [1.82, 2.24) is 0 Å². The molecule has 0 aromatic heterocycles. The molecule has 0 amide bonds. The van der Waals surface area contributed by atoms with Gasteiger partial charge in [0.15, 0.2) is 5.78 Å². The molecule has 96 valence electrons. The standard InChI is InChI=1S/C17H15ClO/c18-16-10-2-1-9-15(16)17(19)14-8-4-7-13(11-14)12-5-3-6-12/h1-2,4,7-12H,3,5-6H2. The van der Waals surface area contributed by atoms with E-state index in [1.807, 2.05) is 30.3 Å². The molecule has 0 spiro atoms. The summed E-state index contributed by atoms with van der Waals surface area (Å²) in [6.45, 7) is 0. The van der Waals surface area contributed by atoms with Crippen LogP contribution >= 0.6 is 11.6 Å². The van der Waals surface area contributed by atoms with E-state index in [0.29, 0.717) is 16.5 Å². The number of carbonyl (C=O) groups is 1. The quantitative estimate of drug-likeness (QED) is 0.730. The Morgan fingerprint density at radius 2 is 1.84 bits per heavy atom. The van der Waals surface area contributed by atoms with E-state index >= 15 is 0 Å². The molecular formula is C17H15ClO. The number of benzene rings is 2. The molecule has 0 radical (unpaired) electrons. The van der Waals surface area contributed by atoms with Gasteiger partial charge in [0, 0.05) is 11.1 Å². The van der Waals surface area contributed by atoms with Crippen LogP contribution in [0, 0.1) is 0 Å². The molecule has 1 aliphatic rings. The Hall–Kier alpha value is -1.60. The number of halogens is 1. The summed E-state index contributed by atoms with van der Waals surface area (Å²) >= 11 is 6.09. The summed E-state index contributed by atoms with van der Waals surface area (Å²) in [6.07, 6.45) is 3.78. The molecule has 2 aromatic carbocycles. The predicted octanol–water partition coefficient (Wildman–Crippen LogP) is 4.84. The summed E-state index contributed by atoms with van der Waals surface area (Å²) < 4.78 is 0. The third kappa shape index (κ3) is 2.43. The molecule has 1 saturated carbocycles.